The first-order chi connectivity index (χ1) is 7.12. The third-order valence-electron chi connectivity index (χ3n) is 3.20. The van der Waals surface area contributed by atoms with Gasteiger partial charge in [-0.3, -0.25) is 4.79 Å². The maximum atomic E-state index is 11.1. The van der Waals surface area contributed by atoms with Crippen molar-refractivity contribution in [3.63, 3.8) is 0 Å². The molecule has 0 aliphatic heterocycles. The summed E-state index contributed by atoms with van der Waals surface area (Å²) in [5.41, 5.74) is 5.63. The maximum absolute atomic E-state index is 11.1. The van der Waals surface area contributed by atoms with Crippen LogP contribution in [0, 0.1) is 0 Å². The van der Waals surface area contributed by atoms with Gasteiger partial charge in [0.1, 0.15) is 6.04 Å². The summed E-state index contributed by atoms with van der Waals surface area (Å²) in [6.07, 6.45) is 0.513. The van der Waals surface area contributed by atoms with Crippen LogP contribution in [-0.4, -0.2) is 34.0 Å². The summed E-state index contributed by atoms with van der Waals surface area (Å²) in [5.74, 6) is -0.376. The molecule has 4 nitrogen and oxygen atoms in total. The minimum Gasteiger partial charge on any atom is -0.468 e. The average molecular weight is 247 g/mol. The zero-order valence-electron chi connectivity index (χ0n) is 11.3. The molecule has 0 spiro atoms. The molecular weight excluding hydrogens is 222 g/mol. The van der Waals surface area contributed by atoms with E-state index in [-0.39, 0.29) is 11.0 Å². The highest BCUT2D eigenvalue weighted by Gasteiger charge is 2.37. The van der Waals surface area contributed by atoms with Gasteiger partial charge in [-0.15, -0.1) is 0 Å². The predicted octanol–water partition coefficient (Wildman–Crippen LogP) is 1.90. The van der Waals surface area contributed by atoms with Crippen LogP contribution in [0.25, 0.3) is 0 Å². The standard InChI is InChI=1S/C11H25NO3Si/c1-11(2,3)16(5,6)15-8-7-9(12)10(13)14-4/h9H,7-8,12H2,1-6H3/t9-/m1/s1. The number of hydrogen-bond acceptors (Lipinski definition) is 4. The van der Waals surface area contributed by atoms with Crippen LogP contribution in [0.2, 0.25) is 18.1 Å². The first-order valence-electron chi connectivity index (χ1n) is 5.59. The fourth-order valence-corrected chi connectivity index (χ4v) is 1.99. The predicted molar refractivity (Wildman–Crippen MR) is 67.8 cm³/mol. The van der Waals surface area contributed by atoms with E-state index in [0.717, 1.165) is 0 Å². The highest BCUT2D eigenvalue weighted by Crippen LogP contribution is 2.36. The number of rotatable bonds is 5. The quantitative estimate of drug-likeness (QED) is 0.595. The van der Waals surface area contributed by atoms with E-state index in [1.807, 2.05) is 0 Å². The van der Waals surface area contributed by atoms with Crippen LogP contribution < -0.4 is 5.73 Å². The van der Waals surface area contributed by atoms with Gasteiger partial charge < -0.3 is 14.9 Å². The molecule has 0 aliphatic rings. The second-order valence-corrected chi connectivity index (χ2v) is 10.3. The SMILES string of the molecule is COC(=O)[C@H](N)CCO[Si](C)(C)C(C)(C)C. The Morgan fingerprint density at radius 1 is 1.38 bits per heavy atom. The van der Waals surface area contributed by atoms with Crippen molar-refractivity contribution in [3.05, 3.63) is 0 Å². The number of carbonyl (C=O) groups excluding carboxylic acids is 1. The van der Waals surface area contributed by atoms with Crippen LogP contribution >= 0.6 is 0 Å². The minimum absolute atomic E-state index is 0.183. The number of carbonyl (C=O) groups is 1. The van der Waals surface area contributed by atoms with E-state index in [1.165, 1.54) is 7.11 Å². The van der Waals surface area contributed by atoms with E-state index < -0.39 is 14.4 Å². The molecule has 0 fully saturated rings. The molecule has 0 saturated heterocycles. The fourth-order valence-electron chi connectivity index (χ4n) is 0.927. The summed E-state index contributed by atoms with van der Waals surface area (Å²) >= 11 is 0. The minimum atomic E-state index is -1.72. The van der Waals surface area contributed by atoms with E-state index in [1.54, 1.807) is 0 Å². The van der Waals surface area contributed by atoms with Crippen molar-refractivity contribution < 1.29 is 14.0 Å². The smallest absolute Gasteiger partial charge is 0.322 e. The van der Waals surface area contributed by atoms with E-state index in [0.29, 0.717) is 13.0 Å². The van der Waals surface area contributed by atoms with Crippen LogP contribution in [0.1, 0.15) is 27.2 Å². The monoisotopic (exact) mass is 247 g/mol. The normalized spacial score (nSPS) is 14.7. The van der Waals surface area contributed by atoms with Crippen LogP contribution in [0.15, 0.2) is 0 Å². The van der Waals surface area contributed by atoms with Crippen molar-refractivity contribution in [1.29, 1.82) is 0 Å². The second kappa shape index (κ2) is 5.79. The van der Waals surface area contributed by atoms with Gasteiger partial charge in [-0.2, -0.15) is 0 Å². The second-order valence-electron chi connectivity index (χ2n) is 5.53. The Hall–Kier alpha value is -0.393. The molecule has 0 aromatic carbocycles. The zero-order chi connectivity index (χ0) is 13.0. The van der Waals surface area contributed by atoms with Crippen molar-refractivity contribution in [1.82, 2.24) is 0 Å². The van der Waals surface area contributed by atoms with Gasteiger partial charge in [0.15, 0.2) is 8.32 Å². The molecule has 0 aromatic heterocycles. The molecule has 0 rings (SSSR count). The number of ether oxygens (including phenoxy) is 1. The van der Waals surface area contributed by atoms with Gasteiger partial charge in [-0.1, -0.05) is 20.8 Å². The molecular formula is C11H25NO3Si. The topological polar surface area (TPSA) is 61.5 Å². The Bertz CT molecular complexity index is 236. The van der Waals surface area contributed by atoms with Crippen molar-refractivity contribution in [3.8, 4) is 0 Å². The van der Waals surface area contributed by atoms with E-state index in [4.69, 9.17) is 10.2 Å². The fraction of sp³-hybridized carbons (Fsp3) is 0.909. The highest BCUT2D eigenvalue weighted by atomic mass is 28.4. The Morgan fingerprint density at radius 3 is 2.25 bits per heavy atom. The lowest BCUT2D eigenvalue weighted by Crippen LogP contribution is -2.42. The van der Waals surface area contributed by atoms with Gasteiger partial charge in [-0.05, 0) is 24.6 Å². The lowest BCUT2D eigenvalue weighted by atomic mass is 10.2. The number of esters is 1. The summed E-state index contributed by atoms with van der Waals surface area (Å²) in [4.78, 5) is 11.1. The maximum Gasteiger partial charge on any atom is 0.322 e. The molecule has 16 heavy (non-hydrogen) atoms. The van der Waals surface area contributed by atoms with Crippen LogP contribution in [0.5, 0.6) is 0 Å². The summed E-state index contributed by atoms with van der Waals surface area (Å²) in [6.45, 7) is 11.4. The van der Waals surface area contributed by atoms with Gasteiger partial charge in [0.05, 0.1) is 7.11 Å². The molecule has 5 heteroatoms. The lowest BCUT2D eigenvalue weighted by molar-refractivity contribution is -0.142. The zero-order valence-corrected chi connectivity index (χ0v) is 12.3. The van der Waals surface area contributed by atoms with E-state index in [2.05, 4.69) is 38.6 Å². The van der Waals surface area contributed by atoms with Gasteiger partial charge in [0, 0.05) is 6.61 Å². The summed E-state index contributed by atoms with van der Waals surface area (Å²) in [7, 11) is -0.380. The van der Waals surface area contributed by atoms with Crippen molar-refractivity contribution in [2.24, 2.45) is 5.73 Å². The Labute approximate surface area is 99.6 Å². The summed E-state index contributed by atoms with van der Waals surface area (Å²) in [5, 5.41) is 0.183. The lowest BCUT2D eigenvalue weighted by Gasteiger charge is -2.36. The largest absolute Gasteiger partial charge is 0.468 e. The molecule has 0 radical (unpaired) electrons. The van der Waals surface area contributed by atoms with E-state index >= 15 is 0 Å². The molecule has 0 unspecified atom stereocenters. The first kappa shape index (κ1) is 15.6. The van der Waals surface area contributed by atoms with Crippen LogP contribution in [0.4, 0.5) is 0 Å². The molecule has 96 valence electrons. The third kappa shape index (κ3) is 4.63. The first-order valence-corrected chi connectivity index (χ1v) is 8.50. The average Bonchev–Trinajstić information content (AvgIpc) is 2.14. The number of nitrogens with two attached hydrogens (primary N) is 1. The van der Waals surface area contributed by atoms with Crippen molar-refractivity contribution in [2.75, 3.05) is 13.7 Å². The van der Waals surface area contributed by atoms with Crippen LogP contribution in [0.3, 0.4) is 0 Å². The van der Waals surface area contributed by atoms with Crippen LogP contribution in [-0.2, 0) is 14.0 Å². The molecule has 0 amide bonds. The van der Waals surface area contributed by atoms with Gasteiger partial charge in [0.25, 0.3) is 0 Å². The summed E-state index contributed by atoms with van der Waals surface area (Å²) < 4.78 is 10.5. The third-order valence-corrected chi connectivity index (χ3v) is 7.74. The number of hydrogen-bond donors (Lipinski definition) is 1. The molecule has 0 heterocycles. The molecule has 0 aromatic rings. The number of methoxy groups -OCH3 is 1. The Kier molecular flexibility index (Phi) is 5.65. The molecule has 0 bridgehead atoms. The van der Waals surface area contributed by atoms with Gasteiger partial charge in [-0.25, -0.2) is 0 Å². The Balaban J connectivity index is 4.04. The molecule has 1 atom stereocenters. The van der Waals surface area contributed by atoms with Crippen molar-refractivity contribution >= 4 is 14.3 Å². The molecule has 0 aliphatic carbocycles. The molecule has 2 N–H and O–H groups in total. The summed E-state index contributed by atoms with van der Waals surface area (Å²) in [6, 6.07) is -0.574. The molecule has 0 saturated carbocycles. The highest BCUT2D eigenvalue weighted by molar-refractivity contribution is 6.74. The van der Waals surface area contributed by atoms with Gasteiger partial charge in [0.2, 0.25) is 0 Å². The van der Waals surface area contributed by atoms with E-state index in [9.17, 15) is 4.79 Å². The van der Waals surface area contributed by atoms with Gasteiger partial charge >= 0.3 is 5.97 Å². The Morgan fingerprint density at radius 2 is 1.88 bits per heavy atom. The van der Waals surface area contributed by atoms with Crippen molar-refractivity contribution in [2.45, 2.75) is 51.4 Å².